The van der Waals surface area contributed by atoms with Crippen LogP contribution in [0.15, 0.2) is 54.0 Å². The number of hydrogen-bond donors (Lipinski definition) is 3. The van der Waals surface area contributed by atoms with Crippen molar-refractivity contribution in [1.29, 1.82) is 0 Å². The molecule has 1 aliphatic heterocycles. The second kappa shape index (κ2) is 6.59. The van der Waals surface area contributed by atoms with Gasteiger partial charge in [0.15, 0.2) is 5.75 Å². The number of nitro groups is 1. The molecule has 0 bridgehead atoms. The molecular weight excluding hydrogens is 308 g/mol. The van der Waals surface area contributed by atoms with Crippen molar-refractivity contribution < 1.29 is 9.66 Å². The number of allylic oxidation sites excluding steroid dienone is 1. The number of benzene rings is 2. The van der Waals surface area contributed by atoms with Gasteiger partial charge in [0.25, 0.3) is 5.69 Å². The summed E-state index contributed by atoms with van der Waals surface area (Å²) in [7, 11) is 0. The monoisotopic (exact) mass is 326 g/mol. The lowest BCUT2D eigenvalue weighted by Gasteiger charge is -2.21. The summed E-state index contributed by atoms with van der Waals surface area (Å²) in [4.78, 5) is 10.2. The van der Waals surface area contributed by atoms with Crippen LogP contribution in [0.5, 0.6) is 5.75 Å². The number of nitrogens with one attached hydrogen (secondary N) is 2. The van der Waals surface area contributed by atoms with Gasteiger partial charge in [0, 0.05) is 25.2 Å². The summed E-state index contributed by atoms with van der Waals surface area (Å²) in [5, 5.41) is 17.1. The van der Waals surface area contributed by atoms with E-state index in [0.29, 0.717) is 24.7 Å². The van der Waals surface area contributed by atoms with Gasteiger partial charge >= 0.3 is 0 Å². The Morgan fingerprint density at radius 1 is 1.17 bits per heavy atom. The normalized spacial score (nSPS) is 13.0. The van der Waals surface area contributed by atoms with Crippen LogP contribution in [0, 0.1) is 10.1 Å². The largest absolute Gasteiger partial charge is 0.456 e. The summed E-state index contributed by atoms with van der Waals surface area (Å²) < 4.78 is 5.62. The lowest BCUT2D eigenvalue weighted by Crippen LogP contribution is -2.19. The summed E-state index contributed by atoms with van der Waals surface area (Å²) in [5.41, 5.74) is 8.84. The molecule has 1 aliphatic rings. The maximum Gasteiger partial charge on any atom is 0.269 e. The molecule has 2 aromatic rings. The number of nitrogens with zero attached hydrogens (tertiary/aromatic N) is 1. The fourth-order valence-corrected chi connectivity index (χ4v) is 2.41. The molecule has 0 fully saturated rings. The van der Waals surface area contributed by atoms with Crippen molar-refractivity contribution >= 4 is 11.4 Å². The van der Waals surface area contributed by atoms with Gasteiger partial charge in [-0.25, -0.2) is 0 Å². The third kappa shape index (κ3) is 3.47. The Balaban J connectivity index is 1.58. The smallest absolute Gasteiger partial charge is 0.269 e. The van der Waals surface area contributed by atoms with Crippen LogP contribution >= 0.6 is 0 Å². The van der Waals surface area contributed by atoms with E-state index in [9.17, 15) is 10.1 Å². The predicted octanol–water partition coefficient (Wildman–Crippen LogP) is 2.84. The molecule has 1 heterocycles. The van der Waals surface area contributed by atoms with Crippen molar-refractivity contribution in [2.75, 3.05) is 5.32 Å². The Bertz CT molecular complexity index is 800. The molecule has 4 N–H and O–H groups in total. The third-order valence-corrected chi connectivity index (χ3v) is 3.76. The second-order valence-corrected chi connectivity index (χ2v) is 5.55. The molecule has 0 saturated carbocycles. The van der Waals surface area contributed by atoms with Gasteiger partial charge in [-0.3, -0.25) is 10.1 Å². The lowest BCUT2D eigenvalue weighted by atomic mass is 10.1. The molecule has 0 atom stereocenters. The maximum atomic E-state index is 10.6. The number of non-ortho nitro benzene ring substituents is 1. The molecule has 0 radical (unpaired) electrons. The molecule has 7 nitrogen and oxygen atoms in total. The highest BCUT2D eigenvalue weighted by Gasteiger charge is 2.14. The first-order valence-electron chi connectivity index (χ1n) is 7.51. The Kier molecular flexibility index (Phi) is 4.35. The minimum Gasteiger partial charge on any atom is -0.456 e. The lowest BCUT2D eigenvalue weighted by molar-refractivity contribution is -0.384. The third-order valence-electron chi connectivity index (χ3n) is 3.76. The molecular formula is C17H18N4O3. The number of fused-ring (bicyclic) bond motifs is 1. The zero-order valence-electron chi connectivity index (χ0n) is 13.2. The van der Waals surface area contributed by atoms with Gasteiger partial charge < -0.3 is 21.1 Å². The van der Waals surface area contributed by atoms with Crippen LogP contribution in [-0.2, 0) is 13.1 Å². The van der Waals surface area contributed by atoms with Gasteiger partial charge in [-0.1, -0.05) is 18.2 Å². The summed E-state index contributed by atoms with van der Waals surface area (Å²) in [6, 6.07) is 12.4. The Labute approximate surface area is 139 Å². The molecule has 0 aliphatic carbocycles. The molecule has 7 heteroatoms. The first kappa shape index (κ1) is 15.8. The minimum absolute atomic E-state index is 0.0976. The topological polar surface area (TPSA) is 102 Å². The Morgan fingerprint density at radius 2 is 1.83 bits per heavy atom. The SMILES string of the molecule is CC1=C(N)Nc2cc(CNCc3ccc([N+](=O)[O-])cc3)ccc2O1. The quantitative estimate of drug-likeness (QED) is 0.577. The minimum atomic E-state index is -0.402. The first-order chi connectivity index (χ1) is 11.5. The molecule has 0 aromatic heterocycles. The predicted molar refractivity (Wildman–Crippen MR) is 91.2 cm³/mol. The Morgan fingerprint density at radius 3 is 2.54 bits per heavy atom. The zero-order chi connectivity index (χ0) is 17.1. The van der Waals surface area contributed by atoms with Crippen LogP contribution in [0.4, 0.5) is 11.4 Å². The van der Waals surface area contributed by atoms with Crippen molar-refractivity contribution in [3.05, 3.63) is 75.3 Å². The first-order valence-corrected chi connectivity index (χ1v) is 7.51. The van der Waals surface area contributed by atoms with Crippen molar-refractivity contribution in [2.45, 2.75) is 20.0 Å². The van der Waals surface area contributed by atoms with E-state index in [-0.39, 0.29) is 5.69 Å². The molecule has 124 valence electrons. The molecule has 0 amide bonds. The van der Waals surface area contributed by atoms with E-state index in [2.05, 4.69) is 10.6 Å². The molecule has 0 spiro atoms. The van der Waals surface area contributed by atoms with Gasteiger partial charge in [-0.05, 0) is 30.2 Å². The van der Waals surface area contributed by atoms with Crippen LogP contribution < -0.4 is 21.1 Å². The van der Waals surface area contributed by atoms with Crippen molar-refractivity contribution in [3.63, 3.8) is 0 Å². The van der Waals surface area contributed by atoms with Crippen LogP contribution in [0.2, 0.25) is 0 Å². The fraction of sp³-hybridized carbons (Fsp3) is 0.176. The van der Waals surface area contributed by atoms with Crippen molar-refractivity contribution in [2.24, 2.45) is 5.73 Å². The van der Waals surface area contributed by atoms with E-state index in [1.807, 2.05) is 25.1 Å². The number of anilines is 1. The average molecular weight is 326 g/mol. The van der Waals surface area contributed by atoms with Crippen molar-refractivity contribution in [3.8, 4) is 5.75 Å². The van der Waals surface area contributed by atoms with Gasteiger partial charge in [0.2, 0.25) is 0 Å². The molecule has 0 unspecified atom stereocenters. The van der Waals surface area contributed by atoms with Crippen molar-refractivity contribution in [1.82, 2.24) is 5.32 Å². The van der Waals surface area contributed by atoms with E-state index in [0.717, 1.165) is 22.6 Å². The number of nitro benzene ring substituents is 1. The Hall–Kier alpha value is -3.06. The highest BCUT2D eigenvalue weighted by atomic mass is 16.6. The van der Waals surface area contributed by atoms with Gasteiger partial charge in [0.1, 0.15) is 11.6 Å². The molecule has 0 saturated heterocycles. The molecule has 24 heavy (non-hydrogen) atoms. The summed E-state index contributed by atoms with van der Waals surface area (Å²) in [6.45, 7) is 3.10. The highest BCUT2D eigenvalue weighted by Crippen LogP contribution is 2.31. The van der Waals surface area contributed by atoms with E-state index < -0.39 is 4.92 Å². The van der Waals surface area contributed by atoms with Crippen LogP contribution in [0.1, 0.15) is 18.1 Å². The summed E-state index contributed by atoms with van der Waals surface area (Å²) in [5.74, 6) is 1.92. The van der Waals surface area contributed by atoms with Gasteiger partial charge in [0.05, 0.1) is 10.6 Å². The highest BCUT2D eigenvalue weighted by molar-refractivity contribution is 5.63. The molecule has 2 aromatic carbocycles. The number of ether oxygens (including phenoxy) is 1. The van der Waals surface area contributed by atoms with E-state index in [4.69, 9.17) is 10.5 Å². The second-order valence-electron chi connectivity index (χ2n) is 5.55. The van der Waals surface area contributed by atoms with E-state index in [1.54, 1.807) is 12.1 Å². The van der Waals surface area contributed by atoms with Gasteiger partial charge in [-0.15, -0.1) is 0 Å². The van der Waals surface area contributed by atoms with Gasteiger partial charge in [-0.2, -0.15) is 0 Å². The standard InChI is InChI=1S/C17H18N4O3/c1-11-17(18)20-15-8-13(4-7-16(15)24-11)10-19-9-12-2-5-14(6-3-12)21(22)23/h2-8,19-20H,9-10,18H2,1H3. The average Bonchev–Trinajstić information content (AvgIpc) is 2.56. The number of hydrogen-bond acceptors (Lipinski definition) is 6. The molecule has 3 rings (SSSR count). The number of nitrogens with two attached hydrogens (primary N) is 1. The number of rotatable bonds is 5. The van der Waals surface area contributed by atoms with E-state index in [1.165, 1.54) is 12.1 Å². The van der Waals surface area contributed by atoms with Crippen LogP contribution in [0.25, 0.3) is 0 Å². The fourth-order valence-electron chi connectivity index (χ4n) is 2.41. The maximum absolute atomic E-state index is 10.6. The van der Waals surface area contributed by atoms with E-state index >= 15 is 0 Å². The summed E-state index contributed by atoms with van der Waals surface area (Å²) in [6.07, 6.45) is 0. The zero-order valence-corrected chi connectivity index (χ0v) is 13.2. The van der Waals surface area contributed by atoms with Crippen LogP contribution in [-0.4, -0.2) is 4.92 Å². The van der Waals surface area contributed by atoms with Crippen LogP contribution in [0.3, 0.4) is 0 Å². The summed E-state index contributed by atoms with van der Waals surface area (Å²) >= 11 is 0.